The van der Waals surface area contributed by atoms with E-state index >= 15 is 0 Å². The molecule has 0 unspecified atom stereocenters. The van der Waals surface area contributed by atoms with Gasteiger partial charge in [-0.2, -0.15) is 0 Å². The van der Waals surface area contributed by atoms with E-state index in [1.165, 1.54) is 0 Å². The first-order valence-corrected chi connectivity index (χ1v) is 3.87. The average Bonchev–Trinajstić information content (AvgIpc) is 2.38. The number of carbonyl (C=O) groups is 1. The first kappa shape index (κ1) is 8.27. The third-order valence-electron chi connectivity index (χ3n) is 2.21. The van der Waals surface area contributed by atoms with Gasteiger partial charge in [-0.25, -0.2) is 0 Å². The Bertz CT molecular complexity index is 171. The molecule has 1 heterocycles. The summed E-state index contributed by atoms with van der Waals surface area (Å²) in [6, 6.07) is 0. The summed E-state index contributed by atoms with van der Waals surface area (Å²) in [6.07, 6.45) is 4.25. The van der Waals surface area contributed by atoms with Crippen LogP contribution in [0.4, 0.5) is 0 Å². The first-order valence-electron chi connectivity index (χ1n) is 3.87. The Kier molecular flexibility index (Phi) is 2.29. The second-order valence-electron chi connectivity index (χ2n) is 2.97. The fourth-order valence-electron chi connectivity index (χ4n) is 1.54. The van der Waals surface area contributed by atoms with Gasteiger partial charge in [-0.1, -0.05) is 6.08 Å². The van der Waals surface area contributed by atoms with Crippen LogP contribution in [-0.2, 0) is 4.79 Å². The molecule has 0 bridgehead atoms. The second kappa shape index (κ2) is 3.05. The fraction of sp³-hybridized carbons (Fsp3) is 0.625. The molecule has 1 saturated heterocycles. The number of nitrogens with two attached hydrogens (primary N) is 1. The monoisotopic (exact) mass is 154 g/mol. The SMILES string of the molecule is C=CC[C@]1(C(N)=O)CCCN1. The van der Waals surface area contributed by atoms with Crippen molar-refractivity contribution in [2.24, 2.45) is 5.73 Å². The maximum absolute atomic E-state index is 11.0. The zero-order valence-corrected chi connectivity index (χ0v) is 6.60. The van der Waals surface area contributed by atoms with E-state index in [9.17, 15) is 4.79 Å². The minimum atomic E-state index is -0.484. The molecule has 0 radical (unpaired) electrons. The molecular weight excluding hydrogens is 140 g/mol. The molecule has 1 rings (SSSR count). The molecule has 3 nitrogen and oxygen atoms in total. The van der Waals surface area contributed by atoms with Gasteiger partial charge in [0, 0.05) is 0 Å². The van der Waals surface area contributed by atoms with Gasteiger partial charge in [0.1, 0.15) is 5.54 Å². The number of carbonyl (C=O) groups excluding carboxylic acids is 1. The van der Waals surface area contributed by atoms with Crippen molar-refractivity contribution in [3.8, 4) is 0 Å². The van der Waals surface area contributed by atoms with Crippen molar-refractivity contribution in [2.45, 2.75) is 24.8 Å². The Hall–Kier alpha value is -0.830. The van der Waals surface area contributed by atoms with Gasteiger partial charge in [0.15, 0.2) is 0 Å². The summed E-state index contributed by atoms with van der Waals surface area (Å²) in [5.74, 6) is -0.255. The first-order chi connectivity index (χ1) is 5.21. The molecule has 0 aromatic rings. The molecule has 62 valence electrons. The molecule has 0 spiro atoms. The summed E-state index contributed by atoms with van der Waals surface area (Å²) >= 11 is 0. The van der Waals surface area contributed by atoms with E-state index in [0.29, 0.717) is 6.42 Å². The van der Waals surface area contributed by atoms with Crippen molar-refractivity contribution in [3.05, 3.63) is 12.7 Å². The molecular formula is C8H14N2O. The van der Waals surface area contributed by atoms with Gasteiger partial charge in [-0.15, -0.1) is 6.58 Å². The van der Waals surface area contributed by atoms with Crippen LogP contribution in [0.1, 0.15) is 19.3 Å². The summed E-state index contributed by atoms with van der Waals surface area (Å²) in [6.45, 7) is 4.49. The van der Waals surface area contributed by atoms with Crippen molar-refractivity contribution in [1.82, 2.24) is 5.32 Å². The average molecular weight is 154 g/mol. The Morgan fingerprint density at radius 2 is 2.55 bits per heavy atom. The predicted octanol–water partition coefficient (Wildman–Crippen LogP) is 0.170. The zero-order valence-electron chi connectivity index (χ0n) is 6.60. The van der Waals surface area contributed by atoms with Gasteiger partial charge in [-0.05, 0) is 25.8 Å². The van der Waals surface area contributed by atoms with E-state index in [2.05, 4.69) is 11.9 Å². The largest absolute Gasteiger partial charge is 0.368 e. The molecule has 1 amide bonds. The van der Waals surface area contributed by atoms with Crippen molar-refractivity contribution < 1.29 is 4.79 Å². The van der Waals surface area contributed by atoms with E-state index in [1.807, 2.05) is 0 Å². The summed E-state index contributed by atoms with van der Waals surface area (Å²) < 4.78 is 0. The lowest BCUT2D eigenvalue weighted by molar-refractivity contribution is -0.123. The number of hydrogen-bond donors (Lipinski definition) is 2. The molecule has 3 heteroatoms. The van der Waals surface area contributed by atoms with Crippen LogP contribution in [0, 0.1) is 0 Å². The molecule has 1 aliphatic heterocycles. The highest BCUT2D eigenvalue weighted by molar-refractivity contribution is 5.85. The fourth-order valence-corrected chi connectivity index (χ4v) is 1.54. The molecule has 0 aliphatic carbocycles. The molecule has 11 heavy (non-hydrogen) atoms. The normalized spacial score (nSPS) is 30.2. The Balaban J connectivity index is 2.69. The van der Waals surface area contributed by atoms with Crippen LogP contribution >= 0.6 is 0 Å². The van der Waals surface area contributed by atoms with E-state index in [-0.39, 0.29) is 5.91 Å². The van der Waals surface area contributed by atoms with Crippen LogP contribution in [0.2, 0.25) is 0 Å². The van der Waals surface area contributed by atoms with E-state index < -0.39 is 5.54 Å². The molecule has 0 aromatic heterocycles. The predicted molar refractivity (Wildman–Crippen MR) is 44.0 cm³/mol. The Labute approximate surface area is 66.6 Å². The minimum absolute atomic E-state index is 0.255. The maximum Gasteiger partial charge on any atom is 0.238 e. The Morgan fingerprint density at radius 3 is 2.91 bits per heavy atom. The number of primary amides is 1. The van der Waals surface area contributed by atoms with Crippen LogP contribution in [0.25, 0.3) is 0 Å². The summed E-state index contributed by atoms with van der Waals surface area (Å²) in [7, 11) is 0. The molecule has 0 saturated carbocycles. The van der Waals surface area contributed by atoms with Gasteiger partial charge < -0.3 is 11.1 Å². The van der Waals surface area contributed by atoms with E-state index in [4.69, 9.17) is 5.73 Å². The smallest absolute Gasteiger partial charge is 0.238 e. The summed E-state index contributed by atoms with van der Waals surface area (Å²) in [4.78, 5) is 11.0. The van der Waals surface area contributed by atoms with Gasteiger partial charge in [0.25, 0.3) is 0 Å². The van der Waals surface area contributed by atoms with Crippen LogP contribution in [0.15, 0.2) is 12.7 Å². The third-order valence-corrected chi connectivity index (χ3v) is 2.21. The molecule has 1 atom stereocenters. The minimum Gasteiger partial charge on any atom is -0.368 e. The maximum atomic E-state index is 11.0. The molecule has 1 fully saturated rings. The lowest BCUT2D eigenvalue weighted by Crippen LogP contribution is -2.51. The van der Waals surface area contributed by atoms with Crippen molar-refractivity contribution in [1.29, 1.82) is 0 Å². The quantitative estimate of drug-likeness (QED) is 0.569. The van der Waals surface area contributed by atoms with Crippen LogP contribution in [0.3, 0.4) is 0 Å². The van der Waals surface area contributed by atoms with Gasteiger partial charge in [0.05, 0.1) is 0 Å². The van der Waals surface area contributed by atoms with Crippen LogP contribution < -0.4 is 11.1 Å². The summed E-state index contributed by atoms with van der Waals surface area (Å²) in [5.41, 5.74) is 4.79. The number of rotatable bonds is 3. The number of amides is 1. The summed E-state index contributed by atoms with van der Waals surface area (Å²) in [5, 5.41) is 3.12. The second-order valence-corrected chi connectivity index (χ2v) is 2.97. The van der Waals surface area contributed by atoms with Crippen molar-refractivity contribution >= 4 is 5.91 Å². The van der Waals surface area contributed by atoms with Crippen LogP contribution in [-0.4, -0.2) is 18.0 Å². The van der Waals surface area contributed by atoms with Gasteiger partial charge in [0.2, 0.25) is 5.91 Å². The number of hydrogen-bond acceptors (Lipinski definition) is 2. The topological polar surface area (TPSA) is 55.1 Å². The molecule has 0 aromatic carbocycles. The van der Waals surface area contributed by atoms with Crippen LogP contribution in [0.5, 0.6) is 0 Å². The van der Waals surface area contributed by atoms with Crippen molar-refractivity contribution in [2.75, 3.05) is 6.54 Å². The van der Waals surface area contributed by atoms with E-state index in [0.717, 1.165) is 19.4 Å². The van der Waals surface area contributed by atoms with E-state index in [1.54, 1.807) is 6.08 Å². The third kappa shape index (κ3) is 1.43. The van der Waals surface area contributed by atoms with Gasteiger partial charge >= 0.3 is 0 Å². The highest BCUT2D eigenvalue weighted by Gasteiger charge is 2.37. The zero-order chi connectivity index (χ0) is 8.32. The Morgan fingerprint density at radius 1 is 1.82 bits per heavy atom. The molecule has 3 N–H and O–H groups in total. The lowest BCUT2D eigenvalue weighted by Gasteiger charge is -2.23. The highest BCUT2D eigenvalue weighted by atomic mass is 16.1. The highest BCUT2D eigenvalue weighted by Crippen LogP contribution is 2.22. The number of nitrogens with one attached hydrogen (secondary N) is 1. The standard InChI is InChI=1S/C8H14N2O/c1-2-4-8(7(9)11)5-3-6-10-8/h2,10H,1,3-6H2,(H2,9,11)/t8-/m1/s1. The molecule has 1 aliphatic rings. The van der Waals surface area contributed by atoms with Gasteiger partial charge in [-0.3, -0.25) is 4.79 Å². The lowest BCUT2D eigenvalue weighted by atomic mass is 9.93. The van der Waals surface area contributed by atoms with Crippen molar-refractivity contribution in [3.63, 3.8) is 0 Å².